The van der Waals surface area contributed by atoms with Gasteiger partial charge < -0.3 is 10.5 Å². The lowest BCUT2D eigenvalue weighted by atomic mass is 9.96. The Morgan fingerprint density at radius 3 is 2.75 bits per heavy atom. The summed E-state index contributed by atoms with van der Waals surface area (Å²) < 4.78 is 6.52. The van der Waals surface area contributed by atoms with E-state index >= 15 is 0 Å². The fourth-order valence-electron chi connectivity index (χ4n) is 1.69. The number of ether oxygens (including phenoxy) is 1. The van der Waals surface area contributed by atoms with Crippen molar-refractivity contribution in [3.63, 3.8) is 0 Å². The Morgan fingerprint density at radius 1 is 1.44 bits per heavy atom. The number of rotatable bonds is 6. The van der Waals surface area contributed by atoms with E-state index in [-0.39, 0.29) is 0 Å². The molecule has 3 heteroatoms. The van der Waals surface area contributed by atoms with Crippen molar-refractivity contribution in [2.45, 2.75) is 32.6 Å². The Bertz CT molecular complexity index is 328. The van der Waals surface area contributed by atoms with E-state index in [2.05, 4.69) is 35.0 Å². The molecule has 1 unspecified atom stereocenters. The summed E-state index contributed by atoms with van der Waals surface area (Å²) in [6.07, 6.45) is 2.21. The normalized spacial score (nSPS) is 12.5. The summed E-state index contributed by atoms with van der Waals surface area (Å²) >= 11 is 3.53. The van der Waals surface area contributed by atoms with Gasteiger partial charge in [-0.25, -0.2) is 0 Å². The zero-order chi connectivity index (χ0) is 12.0. The fraction of sp³-hybridized carbons (Fsp3) is 0.538. The van der Waals surface area contributed by atoms with Gasteiger partial charge in [0.05, 0.1) is 11.1 Å². The lowest BCUT2D eigenvalue weighted by molar-refractivity contribution is 0.338. The van der Waals surface area contributed by atoms with E-state index < -0.39 is 0 Å². The van der Waals surface area contributed by atoms with Crippen LogP contribution in [0, 0.1) is 0 Å². The minimum atomic E-state index is 0.551. The van der Waals surface area contributed by atoms with Crippen molar-refractivity contribution < 1.29 is 4.74 Å². The minimum absolute atomic E-state index is 0.551. The third-order valence-electron chi connectivity index (χ3n) is 2.67. The molecule has 90 valence electrons. The molecule has 1 rings (SSSR count). The molecule has 1 atom stereocenters. The molecule has 0 spiro atoms. The van der Waals surface area contributed by atoms with Gasteiger partial charge in [0, 0.05) is 0 Å². The van der Waals surface area contributed by atoms with Crippen LogP contribution in [0.5, 0.6) is 5.75 Å². The highest BCUT2D eigenvalue weighted by molar-refractivity contribution is 9.10. The molecular formula is C13H20BrNO. The molecule has 0 aliphatic rings. The van der Waals surface area contributed by atoms with Gasteiger partial charge in [0.25, 0.3) is 0 Å². The first-order valence-electron chi connectivity index (χ1n) is 5.81. The molecule has 16 heavy (non-hydrogen) atoms. The molecule has 0 fully saturated rings. The van der Waals surface area contributed by atoms with Gasteiger partial charge in [0.15, 0.2) is 0 Å². The Hall–Kier alpha value is -0.540. The molecule has 2 N–H and O–H groups in total. The monoisotopic (exact) mass is 285 g/mol. The number of nitrogens with two attached hydrogens (primary N) is 1. The van der Waals surface area contributed by atoms with Crippen molar-refractivity contribution in [3.8, 4) is 5.75 Å². The van der Waals surface area contributed by atoms with Gasteiger partial charge in [-0.05, 0) is 65.9 Å². The summed E-state index contributed by atoms with van der Waals surface area (Å²) in [5.41, 5.74) is 6.86. The highest BCUT2D eigenvalue weighted by Gasteiger charge is 2.08. The molecular weight excluding hydrogens is 266 g/mol. The average molecular weight is 286 g/mol. The van der Waals surface area contributed by atoms with E-state index in [9.17, 15) is 0 Å². The minimum Gasteiger partial charge on any atom is -0.493 e. The maximum atomic E-state index is 5.52. The maximum absolute atomic E-state index is 5.52. The van der Waals surface area contributed by atoms with Crippen LogP contribution in [0.25, 0.3) is 0 Å². The molecule has 0 saturated heterocycles. The highest BCUT2D eigenvalue weighted by atomic mass is 79.9. The summed E-state index contributed by atoms with van der Waals surface area (Å²) in [7, 11) is 0. The molecule has 0 bridgehead atoms. The van der Waals surface area contributed by atoms with Crippen LogP contribution in [-0.4, -0.2) is 13.2 Å². The summed E-state index contributed by atoms with van der Waals surface area (Å²) in [6.45, 7) is 5.69. The quantitative estimate of drug-likeness (QED) is 0.865. The van der Waals surface area contributed by atoms with Crippen LogP contribution in [0.15, 0.2) is 22.7 Å². The average Bonchev–Trinajstić information content (AvgIpc) is 2.29. The van der Waals surface area contributed by atoms with E-state index in [0.29, 0.717) is 12.5 Å². The second-order valence-corrected chi connectivity index (χ2v) is 4.81. The van der Waals surface area contributed by atoms with Crippen LogP contribution in [0.2, 0.25) is 0 Å². The van der Waals surface area contributed by atoms with E-state index in [4.69, 9.17) is 10.5 Å². The van der Waals surface area contributed by atoms with Gasteiger partial charge in [0.2, 0.25) is 0 Å². The first kappa shape index (κ1) is 13.5. The van der Waals surface area contributed by atoms with Crippen molar-refractivity contribution in [1.82, 2.24) is 0 Å². The van der Waals surface area contributed by atoms with Crippen LogP contribution >= 0.6 is 15.9 Å². The standard InChI is InChI=1S/C13H20BrNO/c1-3-16-13-7-6-11(9-12(13)14)10(2)5-4-8-15/h6-7,9-10H,3-5,8,15H2,1-2H3. The topological polar surface area (TPSA) is 35.2 Å². The predicted octanol–water partition coefficient (Wildman–Crippen LogP) is 3.69. The van der Waals surface area contributed by atoms with Gasteiger partial charge >= 0.3 is 0 Å². The van der Waals surface area contributed by atoms with Crippen LogP contribution in [0.1, 0.15) is 38.2 Å². The van der Waals surface area contributed by atoms with E-state index in [0.717, 1.165) is 29.6 Å². The maximum Gasteiger partial charge on any atom is 0.133 e. The zero-order valence-corrected chi connectivity index (χ0v) is 11.6. The van der Waals surface area contributed by atoms with Crippen LogP contribution in [0.4, 0.5) is 0 Å². The third kappa shape index (κ3) is 3.80. The van der Waals surface area contributed by atoms with Crippen molar-refractivity contribution >= 4 is 15.9 Å². The van der Waals surface area contributed by atoms with Crippen molar-refractivity contribution in [2.24, 2.45) is 5.73 Å². The van der Waals surface area contributed by atoms with E-state index in [1.165, 1.54) is 5.56 Å². The summed E-state index contributed by atoms with van der Waals surface area (Å²) in [5.74, 6) is 1.47. The predicted molar refractivity (Wildman–Crippen MR) is 72.0 cm³/mol. The number of hydrogen-bond donors (Lipinski definition) is 1. The van der Waals surface area contributed by atoms with Crippen LogP contribution in [-0.2, 0) is 0 Å². The van der Waals surface area contributed by atoms with Crippen molar-refractivity contribution in [3.05, 3.63) is 28.2 Å². The molecule has 0 heterocycles. The lowest BCUT2D eigenvalue weighted by Crippen LogP contribution is -2.02. The highest BCUT2D eigenvalue weighted by Crippen LogP contribution is 2.30. The molecule has 1 aromatic carbocycles. The van der Waals surface area contributed by atoms with Crippen molar-refractivity contribution in [1.29, 1.82) is 0 Å². The summed E-state index contributed by atoms with van der Waals surface area (Å²) in [5, 5.41) is 0. The van der Waals surface area contributed by atoms with Gasteiger partial charge in [-0.2, -0.15) is 0 Å². The second-order valence-electron chi connectivity index (χ2n) is 3.95. The van der Waals surface area contributed by atoms with Gasteiger partial charge in [-0.1, -0.05) is 13.0 Å². The third-order valence-corrected chi connectivity index (χ3v) is 3.29. The first-order valence-corrected chi connectivity index (χ1v) is 6.60. The molecule has 0 aromatic heterocycles. The Kier molecular flexibility index (Phi) is 5.85. The Labute approximate surface area is 106 Å². The van der Waals surface area contributed by atoms with Gasteiger partial charge in [-0.3, -0.25) is 0 Å². The first-order chi connectivity index (χ1) is 7.69. The summed E-state index contributed by atoms with van der Waals surface area (Å²) in [6, 6.07) is 6.31. The number of hydrogen-bond acceptors (Lipinski definition) is 2. The molecule has 0 amide bonds. The molecule has 2 nitrogen and oxygen atoms in total. The largest absolute Gasteiger partial charge is 0.493 e. The zero-order valence-electron chi connectivity index (χ0n) is 10.0. The molecule has 1 aromatic rings. The molecule has 0 aliphatic heterocycles. The molecule has 0 saturated carbocycles. The summed E-state index contributed by atoms with van der Waals surface area (Å²) in [4.78, 5) is 0. The SMILES string of the molecule is CCOc1ccc(C(C)CCCN)cc1Br. The van der Waals surface area contributed by atoms with Crippen LogP contribution < -0.4 is 10.5 Å². The van der Waals surface area contributed by atoms with E-state index in [1.54, 1.807) is 0 Å². The Balaban J connectivity index is 2.71. The molecule has 0 aliphatic carbocycles. The van der Waals surface area contributed by atoms with Crippen LogP contribution in [0.3, 0.4) is 0 Å². The van der Waals surface area contributed by atoms with Gasteiger partial charge in [-0.15, -0.1) is 0 Å². The van der Waals surface area contributed by atoms with Crippen molar-refractivity contribution in [2.75, 3.05) is 13.2 Å². The second kappa shape index (κ2) is 6.92. The van der Waals surface area contributed by atoms with E-state index in [1.807, 2.05) is 13.0 Å². The lowest BCUT2D eigenvalue weighted by Gasteiger charge is -2.13. The molecule has 0 radical (unpaired) electrons. The number of halogens is 1. The fourth-order valence-corrected chi connectivity index (χ4v) is 2.20. The van der Waals surface area contributed by atoms with Gasteiger partial charge in [0.1, 0.15) is 5.75 Å². The number of benzene rings is 1. The smallest absolute Gasteiger partial charge is 0.133 e. The Morgan fingerprint density at radius 2 is 2.19 bits per heavy atom.